The Morgan fingerprint density at radius 3 is 2.75 bits per heavy atom. The first-order valence-corrected chi connectivity index (χ1v) is 6.41. The first-order chi connectivity index (χ1) is 9.83. The van der Waals surface area contributed by atoms with E-state index in [2.05, 4.69) is 15.0 Å². The third kappa shape index (κ3) is 1.55. The summed E-state index contributed by atoms with van der Waals surface area (Å²) >= 11 is 0. The van der Waals surface area contributed by atoms with Crippen molar-refractivity contribution < 1.29 is 0 Å². The van der Waals surface area contributed by atoms with Gasteiger partial charge in [-0.1, -0.05) is 24.3 Å². The van der Waals surface area contributed by atoms with E-state index < -0.39 is 0 Å². The number of aromatic amines is 1. The molecule has 0 amide bonds. The minimum absolute atomic E-state index is 0.684. The number of nitrogens with zero attached hydrogens (tertiary/aromatic N) is 2. The molecule has 2 aromatic heterocycles. The Morgan fingerprint density at radius 2 is 1.85 bits per heavy atom. The van der Waals surface area contributed by atoms with E-state index in [1.807, 2.05) is 48.5 Å². The average Bonchev–Trinajstić information content (AvgIpc) is 2.92. The van der Waals surface area contributed by atoms with Crippen molar-refractivity contribution in [2.75, 3.05) is 5.73 Å². The number of pyridine rings is 1. The fraction of sp³-hybridized carbons (Fsp3) is 0. The van der Waals surface area contributed by atoms with Gasteiger partial charge in [-0.05, 0) is 24.3 Å². The predicted molar refractivity (Wildman–Crippen MR) is 81.2 cm³/mol. The summed E-state index contributed by atoms with van der Waals surface area (Å²) in [5.74, 6) is 0.816. The van der Waals surface area contributed by atoms with Crippen LogP contribution in [-0.2, 0) is 0 Å². The molecule has 0 spiro atoms. The maximum atomic E-state index is 5.97. The second-order valence-corrected chi connectivity index (χ2v) is 4.70. The summed E-state index contributed by atoms with van der Waals surface area (Å²) in [6, 6.07) is 15.8. The summed E-state index contributed by atoms with van der Waals surface area (Å²) in [4.78, 5) is 12.3. The van der Waals surface area contributed by atoms with Crippen LogP contribution in [0.2, 0.25) is 0 Å². The van der Waals surface area contributed by atoms with Crippen LogP contribution < -0.4 is 5.73 Å². The summed E-state index contributed by atoms with van der Waals surface area (Å²) < 4.78 is 0. The van der Waals surface area contributed by atoms with E-state index >= 15 is 0 Å². The van der Waals surface area contributed by atoms with E-state index in [1.54, 1.807) is 6.20 Å². The lowest BCUT2D eigenvalue weighted by molar-refractivity contribution is 1.33. The fourth-order valence-electron chi connectivity index (χ4n) is 2.48. The number of imidazole rings is 1. The SMILES string of the molecule is Nc1cccc2[nH]c(-c3ccnc4ccccc34)nc12. The van der Waals surface area contributed by atoms with Crippen molar-refractivity contribution >= 4 is 27.6 Å². The lowest BCUT2D eigenvalue weighted by Gasteiger charge is -2.02. The number of hydrogen-bond donors (Lipinski definition) is 2. The van der Waals surface area contributed by atoms with Crippen molar-refractivity contribution in [2.24, 2.45) is 0 Å². The molecule has 0 atom stereocenters. The zero-order chi connectivity index (χ0) is 13.5. The molecule has 2 heterocycles. The summed E-state index contributed by atoms with van der Waals surface area (Å²) in [5.41, 5.74) is 10.4. The van der Waals surface area contributed by atoms with Gasteiger partial charge in [0.15, 0.2) is 0 Å². The van der Waals surface area contributed by atoms with Crippen LogP contribution in [0.4, 0.5) is 5.69 Å². The highest BCUT2D eigenvalue weighted by atomic mass is 14.9. The van der Waals surface area contributed by atoms with Crippen LogP contribution in [-0.4, -0.2) is 15.0 Å². The summed E-state index contributed by atoms with van der Waals surface area (Å²) in [7, 11) is 0. The molecular weight excluding hydrogens is 248 g/mol. The molecule has 2 aromatic carbocycles. The van der Waals surface area contributed by atoms with Crippen LogP contribution in [0.1, 0.15) is 0 Å². The van der Waals surface area contributed by atoms with Crippen LogP contribution in [0, 0.1) is 0 Å². The molecule has 0 bridgehead atoms. The highest BCUT2D eigenvalue weighted by Crippen LogP contribution is 2.28. The number of benzene rings is 2. The van der Waals surface area contributed by atoms with E-state index in [-0.39, 0.29) is 0 Å². The molecule has 3 N–H and O–H groups in total. The highest BCUT2D eigenvalue weighted by Gasteiger charge is 2.10. The first-order valence-electron chi connectivity index (χ1n) is 6.41. The molecule has 4 aromatic rings. The predicted octanol–water partition coefficient (Wildman–Crippen LogP) is 3.36. The Kier molecular flexibility index (Phi) is 2.23. The quantitative estimate of drug-likeness (QED) is 0.516. The average molecular weight is 260 g/mol. The van der Waals surface area contributed by atoms with Gasteiger partial charge in [-0.25, -0.2) is 4.98 Å². The Hall–Kier alpha value is -2.88. The summed E-state index contributed by atoms with van der Waals surface area (Å²) in [6.45, 7) is 0. The monoisotopic (exact) mass is 260 g/mol. The Labute approximate surface area is 115 Å². The van der Waals surface area contributed by atoms with Gasteiger partial charge in [-0.15, -0.1) is 0 Å². The second kappa shape index (κ2) is 4.06. The standard InChI is InChI=1S/C16H12N4/c17-12-5-3-7-14-15(12)20-16(19-14)11-8-9-18-13-6-2-1-4-10(11)13/h1-9H,17H2,(H,19,20). The van der Waals surface area contributed by atoms with Crippen molar-refractivity contribution in [2.45, 2.75) is 0 Å². The molecule has 0 aliphatic heterocycles. The minimum Gasteiger partial charge on any atom is -0.397 e. The maximum absolute atomic E-state index is 5.97. The number of aromatic nitrogens is 3. The number of nitrogens with one attached hydrogen (secondary N) is 1. The van der Waals surface area contributed by atoms with E-state index in [1.165, 1.54) is 0 Å². The molecule has 0 saturated heterocycles. The van der Waals surface area contributed by atoms with Crippen LogP contribution in [0.5, 0.6) is 0 Å². The Balaban J connectivity index is 2.04. The zero-order valence-electron chi connectivity index (χ0n) is 10.7. The number of para-hydroxylation sites is 2. The van der Waals surface area contributed by atoms with Gasteiger partial charge < -0.3 is 10.7 Å². The Morgan fingerprint density at radius 1 is 0.950 bits per heavy atom. The van der Waals surface area contributed by atoms with Crippen LogP contribution in [0.3, 0.4) is 0 Å². The third-order valence-corrected chi connectivity index (χ3v) is 3.45. The van der Waals surface area contributed by atoms with E-state index in [9.17, 15) is 0 Å². The topological polar surface area (TPSA) is 67.6 Å². The lowest BCUT2D eigenvalue weighted by Crippen LogP contribution is -1.86. The molecule has 0 radical (unpaired) electrons. The fourth-order valence-corrected chi connectivity index (χ4v) is 2.48. The molecule has 96 valence electrons. The molecule has 0 fully saturated rings. The smallest absolute Gasteiger partial charge is 0.139 e. The lowest BCUT2D eigenvalue weighted by atomic mass is 10.1. The summed E-state index contributed by atoms with van der Waals surface area (Å²) in [6.07, 6.45) is 1.80. The molecule has 0 aliphatic carbocycles. The highest BCUT2D eigenvalue weighted by molar-refractivity contribution is 5.96. The van der Waals surface area contributed by atoms with Crippen LogP contribution in [0.25, 0.3) is 33.3 Å². The molecule has 0 saturated carbocycles. The van der Waals surface area contributed by atoms with Crippen molar-refractivity contribution in [3.63, 3.8) is 0 Å². The van der Waals surface area contributed by atoms with Gasteiger partial charge in [-0.2, -0.15) is 0 Å². The van der Waals surface area contributed by atoms with E-state index in [4.69, 9.17) is 5.73 Å². The number of hydrogen-bond acceptors (Lipinski definition) is 3. The first kappa shape index (κ1) is 11.0. The number of rotatable bonds is 1. The van der Waals surface area contributed by atoms with Gasteiger partial charge in [0.25, 0.3) is 0 Å². The molecular formula is C16H12N4. The van der Waals surface area contributed by atoms with Crippen LogP contribution >= 0.6 is 0 Å². The molecule has 4 nitrogen and oxygen atoms in total. The molecule has 4 rings (SSSR count). The molecule has 4 heteroatoms. The summed E-state index contributed by atoms with van der Waals surface area (Å²) in [5, 5.41) is 1.08. The zero-order valence-corrected chi connectivity index (χ0v) is 10.7. The second-order valence-electron chi connectivity index (χ2n) is 4.70. The van der Waals surface area contributed by atoms with E-state index in [0.29, 0.717) is 5.69 Å². The maximum Gasteiger partial charge on any atom is 0.139 e. The number of nitrogens with two attached hydrogens (primary N) is 1. The Bertz CT molecular complexity index is 919. The van der Waals surface area contributed by atoms with Gasteiger partial charge in [0.1, 0.15) is 11.3 Å². The molecule has 0 aliphatic rings. The largest absolute Gasteiger partial charge is 0.397 e. The number of fused-ring (bicyclic) bond motifs is 2. The number of anilines is 1. The van der Waals surface area contributed by atoms with Crippen molar-refractivity contribution in [3.05, 3.63) is 54.7 Å². The van der Waals surface area contributed by atoms with Gasteiger partial charge in [0.05, 0.1) is 16.7 Å². The van der Waals surface area contributed by atoms with Crippen molar-refractivity contribution in [1.82, 2.24) is 15.0 Å². The number of H-pyrrole nitrogens is 1. The van der Waals surface area contributed by atoms with Gasteiger partial charge in [0, 0.05) is 17.1 Å². The van der Waals surface area contributed by atoms with Crippen molar-refractivity contribution in [1.29, 1.82) is 0 Å². The van der Waals surface area contributed by atoms with Crippen molar-refractivity contribution in [3.8, 4) is 11.4 Å². The number of nitrogen functional groups attached to an aromatic ring is 1. The normalized spacial score (nSPS) is 11.2. The minimum atomic E-state index is 0.684. The molecule has 20 heavy (non-hydrogen) atoms. The van der Waals surface area contributed by atoms with Crippen LogP contribution in [0.15, 0.2) is 54.7 Å². The van der Waals surface area contributed by atoms with Gasteiger partial charge in [-0.3, -0.25) is 4.98 Å². The van der Waals surface area contributed by atoms with Gasteiger partial charge >= 0.3 is 0 Å². The van der Waals surface area contributed by atoms with Gasteiger partial charge in [0.2, 0.25) is 0 Å². The van der Waals surface area contributed by atoms with E-state index in [0.717, 1.165) is 33.3 Å². The third-order valence-electron chi connectivity index (χ3n) is 3.45. The molecule has 0 unspecified atom stereocenters.